The molecule has 0 spiro atoms. The number of aryl methyl sites for hydroxylation is 1. The molecule has 0 aliphatic carbocycles. The smallest absolute Gasteiger partial charge is 0.261 e. The molecule has 1 atom stereocenters. The van der Waals surface area contributed by atoms with E-state index < -0.39 is 6.10 Å². The molecule has 146 valence electrons. The number of rotatable bonds is 10. The number of nitrogens with one attached hydrogen (secondary N) is 1. The van der Waals surface area contributed by atoms with Crippen LogP contribution in [0.3, 0.4) is 0 Å². The molecule has 5 nitrogen and oxygen atoms in total. The van der Waals surface area contributed by atoms with Gasteiger partial charge in [-0.25, -0.2) is 0 Å². The van der Waals surface area contributed by atoms with Gasteiger partial charge in [-0.1, -0.05) is 31.2 Å². The summed E-state index contributed by atoms with van der Waals surface area (Å²) < 4.78 is 17.0. The first kappa shape index (κ1) is 20.6. The lowest BCUT2D eigenvalue weighted by Crippen LogP contribution is -2.36. The van der Waals surface area contributed by atoms with Gasteiger partial charge in [-0.2, -0.15) is 0 Å². The molecule has 27 heavy (non-hydrogen) atoms. The Morgan fingerprint density at radius 2 is 1.67 bits per heavy atom. The maximum absolute atomic E-state index is 12.4. The largest absolute Gasteiger partial charge is 0.490 e. The van der Waals surface area contributed by atoms with Crippen LogP contribution in [0.5, 0.6) is 17.2 Å². The SMILES string of the molecule is CCOc1ccc(CNC(=O)[C@H](C)Oc2ccccc2CC)cc1OCC. The molecule has 2 aromatic rings. The van der Waals surface area contributed by atoms with Crippen molar-refractivity contribution >= 4 is 5.91 Å². The maximum atomic E-state index is 12.4. The van der Waals surface area contributed by atoms with E-state index in [0.717, 1.165) is 23.3 Å². The fraction of sp³-hybridized carbons (Fsp3) is 0.409. The average Bonchev–Trinajstić information content (AvgIpc) is 2.68. The Kier molecular flexibility index (Phi) is 7.99. The number of hydrogen-bond acceptors (Lipinski definition) is 4. The molecule has 0 radical (unpaired) electrons. The monoisotopic (exact) mass is 371 g/mol. The Morgan fingerprint density at radius 3 is 2.37 bits per heavy atom. The molecule has 0 fully saturated rings. The highest BCUT2D eigenvalue weighted by atomic mass is 16.5. The van der Waals surface area contributed by atoms with Gasteiger partial charge in [-0.15, -0.1) is 0 Å². The van der Waals surface area contributed by atoms with Crippen LogP contribution in [-0.4, -0.2) is 25.2 Å². The summed E-state index contributed by atoms with van der Waals surface area (Å²) in [5, 5.41) is 2.92. The van der Waals surface area contributed by atoms with Crippen LogP contribution in [0.15, 0.2) is 42.5 Å². The molecule has 2 rings (SSSR count). The van der Waals surface area contributed by atoms with E-state index >= 15 is 0 Å². The van der Waals surface area contributed by atoms with E-state index in [-0.39, 0.29) is 5.91 Å². The van der Waals surface area contributed by atoms with Gasteiger partial charge in [0.25, 0.3) is 5.91 Å². The van der Waals surface area contributed by atoms with E-state index in [9.17, 15) is 4.79 Å². The van der Waals surface area contributed by atoms with Crippen molar-refractivity contribution in [2.45, 2.75) is 46.8 Å². The number of para-hydroxylation sites is 1. The second-order valence-corrected chi connectivity index (χ2v) is 6.09. The van der Waals surface area contributed by atoms with Gasteiger partial charge in [0.2, 0.25) is 0 Å². The zero-order valence-corrected chi connectivity index (χ0v) is 16.6. The molecule has 0 saturated carbocycles. The third-order valence-corrected chi connectivity index (χ3v) is 4.10. The fourth-order valence-corrected chi connectivity index (χ4v) is 2.69. The molecular weight excluding hydrogens is 342 g/mol. The van der Waals surface area contributed by atoms with E-state index in [1.165, 1.54) is 0 Å². The molecule has 2 aromatic carbocycles. The van der Waals surface area contributed by atoms with Gasteiger partial charge in [-0.05, 0) is 56.5 Å². The highest BCUT2D eigenvalue weighted by Gasteiger charge is 2.16. The van der Waals surface area contributed by atoms with E-state index in [0.29, 0.717) is 31.3 Å². The number of hydrogen-bond donors (Lipinski definition) is 1. The average molecular weight is 371 g/mol. The summed E-state index contributed by atoms with van der Waals surface area (Å²) >= 11 is 0. The topological polar surface area (TPSA) is 56.8 Å². The van der Waals surface area contributed by atoms with Crippen LogP contribution in [0.25, 0.3) is 0 Å². The Balaban J connectivity index is 1.97. The van der Waals surface area contributed by atoms with Crippen molar-refractivity contribution in [2.75, 3.05) is 13.2 Å². The van der Waals surface area contributed by atoms with Crippen molar-refractivity contribution in [1.82, 2.24) is 5.32 Å². The zero-order valence-electron chi connectivity index (χ0n) is 16.6. The first-order valence-corrected chi connectivity index (χ1v) is 9.49. The van der Waals surface area contributed by atoms with E-state index in [1.54, 1.807) is 6.92 Å². The summed E-state index contributed by atoms with van der Waals surface area (Å²) in [5.41, 5.74) is 2.03. The van der Waals surface area contributed by atoms with Crippen LogP contribution in [0.1, 0.15) is 38.8 Å². The lowest BCUT2D eigenvalue weighted by Gasteiger charge is -2.17. The third kappa shape index (κ3) is 5.91. The summed E-state index contributed by atoms with van der Waals surface area (Å²) in [6.45, 7) is 9.20. The quantitative estimate of drug-likeness (QED) is 0.682. The van der Waals surface area contributed by atoms with Gasteiger partial charge < -0.3 is 19.5 Å². The van der Waals surface area contributed by atoms with Gasteiger partial charge in [-0.3, -0.25) is 4.79 Å². The van der Waals surface area contributed by atoms with E-state index in [4.69, 9.17) is 14.2 Å². The highest BCUT2D eigenvalue weighted by molar-refractivity contribution is 5.80. The number of ether oxygens (including phenoxy) is 3. The molecule has 1 N–H and O–H groups in total. The Hall–Kier alpha value is -2.69. The first-order valence-electron chi connectivity index (χ1n) is 9.49. The molecule has 1 amide bonds. The van der Waals surface area contributed by atoms with Crippen molar-refractivity contribution in [3.63, 3.8) is 0 Å². The lowest BCUT2D eigenvalue weighted by molar-refractivity contribution is -0.127. The minimum Gasteiger partial charge on any atom is -0.490 e. The van der Waals surface area contributed by atoms with Crippen LogP contribution in [-0.2, 0) is 17.8 Å². The molecule has 0 bridgehead atoms. The third-order valence-electron chi connectivity index (χ3n) is 4.10. The Morgan fingerprint density at radius 1 is 0.963 bits per heavy atom. The molecule has 0 aliphatic heterocycles. The Labute approximate surface area is 161 Å². The minimum atomic E-state index is -0.577. The van der Waals surface area contributed by atoms with Crippen molar-refractivity contribution in [1.29, 1.82) is 0 Å². The maximum Gasteiger partial charge on any atom is 0.261 e. The molecule has 5 heteroatoms. The van der Waals surface area contributed by atoms with Crippen LogP contribution >= 0.6 is 0 Å². The normalized spacial score (nSPS) is 11.6. The van der Waals surface area contributed by atoms with Crippen LogP contribution in [0.2, 0.25) is 0 Å². The summed E-state index contributed by atoms with van der Waals surface area (Å²) in [6, 6.07) is 13.5. The second-order valence-electron chi connectivity index (χ2n) is 6.09. The van der Waals surface area contributed by atoms with Crippen LogP contribution < -0.4 is 19.5 Å². The number of carbonyl (C=O) groups is 1. The van der Waals surface area contributed by atoms with Crippen molar-refractivity contribution in [3.05, 3.63) is 53.6 Å². The molecule has 0 unspecified atom stereocenters. The summed E-state index contributed by atoms with van der Waals surface area (Å²) in [7, 11) is 0. The second kappa shape index (κ2) is 10.5. The van der Waals surface area contributed by atoms with Crippen molar-refractivity contribution in [3.8, 4) is 17.2 Å². The zero-order chi connectivity index (χ0) is 19.6. The molecule has 0 heterocycles. The molecule has 0 saturated heterocycles. The van der Waals surface area contributed by atoms with Gasteiger partial charge in [0.05, 0.1) is 13.2 Å². The standard InChI is InChI=1S/C22H29NO4/c1-5-18-10-8-9-11-19(18)27-16(4)22(24)23-15-17-12-13-20(25-6-2)21(14-17)26-7-3/h8-14,16H,5-7,15H2,1-4H3,(H,23,24)/t16-/m0/s1. The highest BCUT2D eigenvalue weighted by Crippen LogP contribution is 2.28. The summed E-state index contributed by atoms with van der Waals surface area (Å²) in [5.74, 6) is 1.99. The lowest BCUT2D eigenvalue weighted by atomic mass is 10.1. The number of carbonyl (C=O) groups excluding carboxylic acids is 1. The first-order chi connectivity index (χ1) is 13.1. The summed E-state index contributed by atoms with van der Waals surface area (Å²) in [4.78, 5) is 12.4. The Bertz CT molecular complexity index is 745. The fourth-order valence-electron chi connectivity index (χ4n) is 2.69. The molecule has 0 aromatic heterocycles. The molecule has 0 aliphatic rings. The molecular formula is C22H29NO4. The van der Waals surface area contributed by atoms with Crippen LogP contribution in [0.4, 0.5) is 0 Å². The minimum absolute atomic E-state index is 0.159. The predicted molar refractivity (Wildman–Crippen MR) is 107 cm³/mol. The van der Waals surface area contributed by atoms with Gasteiger partial charge in [0.1, 0.15) is 5.75 Å². The predicted octanol–water partition coefficient (Wildman–Crippen LogP) is 4.13. The van der Waals surface area contributed by atoms with Crippen molar-refractivity contribution in [2.24, 2.45) is 0 Å². The van der Waals surface area contributed by atoms with Crippen LogP contribution in [0, 0.1) is 0 Å². The number of benzene rings is 2. The van der Waals surface area contributed by atoms with Crippen molar-refractivity contribution < 1.29 is 19.0 Å². The van der Waals surface area contributed by atoms with Gasteiger partial charge in [0, 0.05) is 6.54 Å². The van der Waals surface area contributed by atoms with Gasteiger partial charge >= 0.3 is 0 Å². The van der Waals surface area contributed by atoms with Gasteiger partial charge in [0.15, 0.2) is 17.6 Å². The number of amides is 1. The van der Waals surface area contributed by atoms with E-state index in [1.807, 2.05) is 56.3 Å². The summed E-state index contributed by atoms with van der Waals surface area (Å²) in [6.07, 6.45) is 0.281. The van der Waals surface area contributed by atoms with E-state index in [2.05, 4.69) is 12.2 Å².